The van der Waals surface area contributed by atoms with Gasteiger partial charge >= 0.3 is 0 Å². The molecular formula is C36H62O31. The minimum Gasteiger partial charge on any atom is -0.394 e. The number of hydrogen-bond acceptors (Lipinski definition) is 31. The molecule has 67 heavy (non-hydrogen) atoms. The van der Waals surface area contributed by atoms with Gasteiger partial charge < -0.3 is 154 Å². The first-order chi connectivity index (χ1) is 31.7. The molecule has 20 N–H and O–H groups in total. The van der Waals surface area contributed by atoms with E-state index < -0.39 is 224 Å². The Bertz CT molecular complexity index is 1560. The SMILES string of the molecule is OC[C@H]1O[C@@](CO)(OC[C@@]2(OC[C@@]3(O[C@H]4O[C@H](CO)[C@@H](O)[C@H](O)[C@H]4O[C@H]4O[C@H](CO)[C@@H](O)[C@H](O)[C@H]4O[C@H]4O[C@H](CO)[C@@H](O)[C@H](O)[C@H]4O)O[C@H](CO)[C@@H](O)[C@@H]3O)O[C@H](CO)[C@@H](O)[C@@H]2O)[C@@H](O)[C@@H]1O. The topological polar surface area (TPSA) is 506 Å². The van der Waals surface area contributed by atoms with E-state index in [0.717, 1.165) is 0 Å². The largest absolute Gasteiger partial charge is 0.394 e. The molecule has 0 aromatic heterocycles. The van der Waals surface area contributed by atoms with Crippen LogP contribution < -0.4 is 0 Å². The fourth-order valence-corrected chi connectivity index (χ4v) is 8.58. The lowest BCUT2D eigenvalue weighted by atomic mass is 9.96. The Morgan fingerprint density at radius 2 is 0.672 bits per heavy atom. The summed E-state index contributed by atoms with van der Waals surface area (Å²) in [5.41, 5.74) is 0. The highest BCUT2D eigenvalue weighted by Gasteiger charge is 2.65. The van der Waals surface area contributed by atoms with E-state index in [9.17, 15) is 102 Å². The van der Waals surface area contributed by atoms with Gasteiger partial charge in [-0.2, -0.15) is 0 Å². The molecule has 6 saturated heterocycles. The molecule has 6 rings (SSSR count). The quantitative estimate of drug-likeness (QED) is 0.0571. The summed E-state index contributed by atoms with van der Waals surface area (Å²) in [5.74, 6) is -8.36. The van der Waals surface area contributed by atoms with Crippen molar-refractivity contribution in [2.45, 2.75) is 164 Å². The van der Waals surface area contributed by atoms with Crippen LogP contribution in [0.15, 0.2) is 0 Å². The number of rotatable bonds is 19. The van der Waals surface area contributed by atoms with Crippen LogP contribution in [0, 0.1) is 0 Å². The molecule has 392 valence electrons. The van der Waals surface area contributed by atoms with Crippen molar-refractivity contribution < 1.29 is 154 Å². The van der Waals surface area contributed by atoms with Gasteiger partial charge in [-0.1, -0.05) is 0 Å². The van der Waals surface area contributed by atoms with Crippen molar-refractivity contribution in [3.63, 3.8) is 0 Å². The molecule has 6 fully saturated rings. The molecule has 0 saturated carbocycles. The molecule has 0 spiro atoms. The van der Waals surface area contributed by atoms with Gasteiger partial charge in [0.15, 0.2) is 18.9 Å². The molecule has 6 aliphatic heterocycles. The summed E-state index contributed by atoms with van der Waals surface area (Å²) in [6.07, 6.45) is -48.3. The standard InChI is InChI=1S/C36H62O31/c37-1-10-16(44)22(50)25(53)31(59-10)62-26-23(51)17(45)11(2-38)60-32(26)63-27-24(52)18(46)12(3-39)61-33(27)67-36(30(56)21(49)15(6-42)66-36)9-58-35(29(55)20(48)14(5-41)65-35)8-57-34(7-43)28(54)19(47)13(4-40)64-34/h10-33,37-56H,1-9H2/t10-,11-,12-,13-,14-,15-,16-,17-,18-,19-,20-,21-,22+,23+,24+,25-,26-,27-,28+,29+,30+,31-,32-,33-,34-,35-,36+/m1/s1. The van der Waals surface area contributed by atoms with Crippen LogP contribution in [-0.2, 0) is 52.1 Å². The lowest BCUT2D eigenvalue weighted by molar-refractivity contribution is -0.425. The second kappa shape index (κ2) is 22.3. The van der Waals surface area contributed by atoms with Crippen LogP contribution >= 0.6 is 0 Å². The third-order valence-electron chi connectivity index (χ3n) is 12.7. The normalized spacial score (nSPS) is 52.8. The summed E-state index contributed by atoms with van der Waals surface area (Å²) in [5, 5.41) is 212. The maximum Gasteiger partial charge on any atom is 0.224 e. The Labute approximate surface area is 378 Å². The molecule has 31 heteroatoms. The van der Waals surface area contributed by atoms with E-state index in [-0.39, 0.29) is 0 Å². The van der Waals surface area contributed by atoms with Gasteiger partial charge in [-0.25, -0.2) is 0 Å². The zero-order valence-corrected chi connectivity index (χ0v) is 35.2. The Hall–Kier alpha value is -1.24. The van der Waals surface area contributed by atoms with Crippen LogP contribution in [0.5, 0.6) is 0 Å². The predicted molar refractivity (Wildman–Crippen MR) is 199 cm³/mol. The monoisotopic (exact) mass is 990 g/mol. The van der Waals surface area contributed by atoms with Crippen LogP contribution in [-0.4, -0.2) is 326 Å². The maximum atomic E-state index is 11.6. The summed E-state index contributed by atoms with van der Waals surface area (Å²) < 4.78 is 62.7. The van der Waals surface area contributed by atoms with Gasteiger partial charge in [0.05, 0.1) is 39.6 Å². The second-order valence-corrected chi connectivity index (χ2v) is 16.9. The van der Waals surface area contributed by atoms with Gasteiger partial charge in [0, 0.05) is 0 Å². The molecular weight excluding hydrogens is 928 g/mol. The lowest BCUT2D eigenvalue weighted by Crippen LogP contribution is -2.68. The fraction of sp³-hybridized carbons (Fsp3) is 1.00. The van der Waals surface area contributed by atoms with Gasteiger partial charge in [-0.3, -0.25) is 0 Å². The van der Waals surface area contributed by atoms with Gasteiger partial charge in [0.2, 0.25) is 17.4 Å². The molecule has 6 heterocycles. The minimum atomic E-state index is -2.97. The molecule has 27 atom stereocenters. The molecule has 0 radical (unpaired) electrons. The first-order valence-corrected chi connectivity index (χ1v) is 21.0. The summed E-state index contributed by atoms with van der Waals surface area (Å²) >= 11 is 0. The van der Waals surface area contributed by atoms with Crippen molar-refractivity contribution in [1.82, 2.24) is 0 Å². The van der Waals surface area contributed by atoms with Crippen molar-refractivity contribution in [3.05, 3.63) is 0 Å². The first-order valence-electron chi connectivity index (χ1n) is 21.0. The van der Waals surface area contributed by atoms with E-state index in [1.165, 1.54) is 0 Å². The fourth-order valence-electron chi connectivity index (χ4n) is 8.58. The molecule has 31 nitrogen and oxygen atoms in total. The third-order valence-corrected chi connectivity index (χ3v) is 12.7. The highest BCUT2D eigenvalue weighted by atomic mass is 16.8. The molecule has 0 bridgehead atoms. The van der Waals surface area contributed by atoms with Crippen LogP contribution in [0.4, 0.5) is 0 Å². The average molecular weight is 991 g/mol. The zero-order valence-electron chi connectivity index (χ0n) is 35.2. The Morgan fingerprint density at radius 3 is 1.13 bits per heavy atom. The second-order valence-electron chi connectivity index (χ2n) is 16.9. The molecule has 0 aromatic rings. The van der Waals surface area contributed by atoms with Gasteiger partial charge in [-0.15, -0.1) is 0 Å². The van der Waals surface area contributed by atoms with E-state index in [0.29, 0.717) is 0 Å². The highest BCUT2D eigenvalue weighted by Crippen LogP contribution is 2.43. The summed E-state index contributed by atoms with van der Waals surface area (Å²) in [6.45, 7) is -9.80. The van der Waals surface area contributed by atoms with Crippen LogP contribution in [0.3, 0.4) is 0 Å². The van der Waals surface area contributed by atoms with Gasteiger partial charge in [0.25, 0.3) is 0 Å². The van der Waals surface area contributed by atoms with E-state index in [1.807, 2.05) is 0 Å². The summed E-state index contributed by atoms with van der Waals surface area (Å²) in [7, 11) is 0. The van der Waals surface area contributed by atoms with Crippen molar-refractivity contribution in [2.24, 2.45) is 0 Å². The Balaban J connectivity index is 1.34. The Kier molecular flexibility index (Phi) is 18.3. The minimum absolute atomic E-state index is 0.890. The van der Waals surface area contributed by atoms with Gasteiger partial charge in [-0.05, 0) is 0 Å². The zero-order chi connectivity index (χ0) is 49.5. The van der Waals surface area contributed by atoms with Crippen LogP contribution in [0.25, 0.3) is 0 Å². The molecule has 6 aliphatic rings. The number of ether oxygens (including phenoxy) is 11. The summed E-state index contributed by atoms with van der Waals surface area (Å²) in [4.78, 5) is 0. The maximum absolute atomic E-state index is 11.6. The molecule has 0 aromatic carbocycles. The van der Waals surface area contributed by atoms with Gasteiger partial charge in [0.1, 0.15) is 148 Å². The number of hydrogen-bond donors (Lipinski definition) is 20. The smallest absolute Gasteiger partial charge is 0.224 e. The van der Waals surface area contributed by atoms with Crippen LogP contribution in [0.1, 0.15) is 0 Å². The van der Waals surface area contributed by atoms with E-state index in [1.54, 1.807) is 0 Å². The Morgan fingerprint density at radius 1 is 0.328 bits per heavy atom. The number of aliphatic hydroxyl groups is 20. The van der Waals surface area contributed by atoms with Crippen molar-refractivity contribution in [3.8, 4) is 0 Å². The molecule has 0 amide bonds. The number of aliphatic hydroxyl groups excluding tert-OH is 20. The lowest BCUT2D eigenvalue weighted by Gasteiger charge is -2.49. The van der Waals surface area contributed by atoms with Crippen molar-refractivity contribution >= 4 is 0 Å². The molecule has 0 unspecified atom stereocenters. The molecule has 0 aliphatic carbocycles. The average Bonchev–Trinajstić information content (AvgIpc) is 3.83. The first kappa shape index (κ1) is 55.1. The van der Waals surface area contributed by atoms with E-state index >= 15 is 0 Å². The van der Waals surface area contributed by atoms with Crippen LogP contribution in [0.2, 0.25) is 0 Å². The predicted octanol–water partition coefficient (Wildman–Crippen LogP) is -14.1. The van der Waals surface area contributed by atoms with Crippen molar-refractivity contribution in [1.29, 1.82) is 0 Å². The highest BCUT2D eigenvalue weighted by molar-refractivity contribution is 5.04. The van der Waals surface area contributed by atoms with E-state index in [4.69, 9.17) is 52.1 Å². The third kappa shape index (κ3) is 10.2. The van der Waals surface area contributed by atoms with E-state index in [2.05, 4.69) is 0 Å². The van der Waals surface area contributed by atoms with Crippen molar-refractivity contribution in [2.75, 3.05) is 59.5 Å². The summed E-state index contributed by atoms with van der Waals surface area (Å²) in [6, 6.07) is 0.